The number of anilines is 1. The van der Waals surface area contributed by atoms with Gasteiger partial charge in [0.15, 0.2) is 6.29 Å². The highest BCUT2D eigenvalue weighted by Crippen LogP contribution is 2.29. The van der Waals surface area contributed by atoms with Crippen LogP contribution in [0, 0.1) is 5.82 Å². The summed E-state index contributed by atoms with van der Waals surface area (Å²) in [6, 6.07) is 4.61. The SMILES string of the molecule is O=Cc1cc(F)ccc1N(CCO)C1CCCCC1. The van der Waals surface area contributed by atoms with Gasteiger partial charge in [0.1, 0.15) is 5.82 Å². The summed E-state index contributed by atoms with van der Waals surface area (Å²) in [7, 11) is 0. The Morgan fingerprint density at radius 2 is 2.05 bits per heavy atom. The van der Waals surface area contributed by atoms with Crippen molar-refractivity contribution >= 4 is 12.0 Å². The maximum atomic E-state index is 13.2. The molecule has 0 aliphatic heterocycles. The number of carbonyl (C=O) groups excluding carboxylic acids is 1. The second kappa shape index (κ2) is 6.66. The lowest BCUT2D eigenvalue weighted by molar-refractivity contribution is 0.112. The van der Waals surface area contributed by atoms with Crippen molar-refractivity contribution in [1.29, 1.82) is 0 Å². The molecular formula is C15H20FNO2. The fourth-order valence-corrected chi connectivity index (χ4v) is 2.88. The summed E-state index contributed by atoms with van der Waals surface area (Å²) in [5.41, 5.74) is 1.09. The Bertz CT molecular complexity index is 430. The van der Waals surface area contributed by atoms with Crippen LogP contribution in [0.4, 0.5) is 10.1 Å². The van der Waals surface area contributed by atoms with E-state index in [1.807, 2.05) is 0 Å². The van der Waals surface area contributed by atoms with Gasteiger partial charge in [0.05, 0.1) is 6.61 Å². The Morgan fingerprint density at radius 3 is 2.68 bits per heavy atom. The maximum Gasteiger partial charge on any atom is 0.152 e. The molecule has 104 valence electrons. The highest BCUT2D eigenvalue weighted by Gasteiger charge is 2.23. The number of aldehydes is 1. The van der Waals surface area contributed by atoms with Crippen LogP contribution in [0.25, 0.3) is 0 Å². The molecule has 1 fully saturated rings. The van der Waals surface area contributed by atoms with Gasteiger partial charge >= 0.3 is 0 Å². The molecule has 0 aromatic heterocycles. The van der Waals surface area contributed by atoms with Crippen molar-refractivity contribution in [1.82, 2.24) is 0 Å². The van der Waals surface area contributed by atoms with Crippen LogP contribution in [0.1, 0.15) is 42.5 Å². The summed E-state index contributed by atoms with van der Waals surface area (Å²) >= 11 is 0. The lowest BCUT2D eigenvalue weighted by atomic mass is 9.93. The number of hydrogen-bond donors (Lipinski definition) is 1. The van der Waals surface area contributed by atoms with Crippen LogP contribution in [0.15, 0.2) is 18.2 Å². The lowest BCUT2D eigenvalue weighted by Gasteiger charge is -2.36. The van der Waals surface area contributed by atoms with E-state index in [0.717, 1.165) is 18.5 Å². The summed E-state index contributed by atoms with van der Waals surface area (Å²) in [5.74, 6) is -0.404. The van der Waals surface area contributed by atoms with Crippen molar-refractivity contribution < 1.29 is 14.3 Å². The van der Waals surface area contributed by atoms with E-state index in [4.69, 9.17) is 0 Å². The number of carbonyl (C=O) groups is 1. The van der Waals surface area contributed by atoms with Crippen LogP contribution in [0.3, 0.4) is 0 Å². The van der Waals surface area contributed by atoms with Crippen molar-refractivity contribution in [2.75, 3.05) is 18.1 Å². The largest absolute Gasteiger partial charge is 0.395 e. The number of aliphatic hydroxyl groups is 1. The van der Waals surface area contributed by atoms with Crippen LogP contribution < -0.4 is 4.90 Å². The summed E-state index contributed by atoms with van der Waals surface area (Å²) in [6.45, 7) is 0.517. The summed E-state index contributed by atoms with van der Waals surface area (Å²) < 4.78 is 13.2. The van der Waals surface area contributed by atoms with Gasteiger partial charge in [0, 0.05) is 23.8 Å². The second-order valence-corrected chi connectivity index (χ2v) is 5.03. The van der Waals surface area contributed by atoms with E-state index in [2.05, 4.69) is 4.90 Å². The Morgan fingerprint density at radius 1 is 1.32 bits per heavy atom. The molecule has 0 atom stereocenters. The van der Waals surface area contributed by atoms with Gasteiger partial charge in [-0.05, 0) is 31.0 Å². The fraction of sp³-hybridized carbons (Fsp3) is 0.533. The van der Waals surface area contributed by atoms with E-state index in [9.17, 15) is 14.3 Å². The van der Waals surface area contributed by atoms with Gasteiger partial charge in [-0.1, -0.05) is 19.3 Å². The van der Waals surface area contributed by atoms with Gasteiger partial charge < -0.3 is 10.0 Å². The van der Waals surface area contributed by atoms with Crippen molar-refractivity contribution in [2.24, 2.45) is 0 Å². The molecule has 1 aliphatic carbocycles. The van der Waals surface area contributed by atoms with Crippen LogP contribution in [0.5, 0.6) is 0 Å². The van der Waals surface area contributed by atoms with Gasteiger partial charge in [0.2, 0.25) is 0 Å². The molecule has 1 saturated carbocycles. The number of benzene rings is 1. The van der Waals surface area contributed by atoms with Gasteiger partial charge in [-0.3, -0.25) is 4.79 Å². The highest BCUT2D eigenvalue weighted by molar-refractivity contribution is 5.84. The Labute approximate surface area is 113 Å². The van der Waals surface area contributed by atoms with Gasteiger partial charge in [0.25, 0.3) is 0 Å². The maximum absolute atomic E-state index is 13.2. The minimum absolute atomic E-state index is 0.0339. The molecule has 0 spiro atoms. The third-order valence-corrected chi connectivity index (χ3v) is 3.78. The molecular weight excluding hydrogens is 245 g/mol. The van der Waals surface area contributed by atoms with Crippen LogP contribution in [-0.2, 0) is 0 Å². The molecule has 19 heavy (non-hydrogen) atoms. The molecule has 0 saturated heterocycles. The molecule has 1 N–H and O–H groups in total. The molecule has 0 heterocycles. The topological polar surface area (TPSA) is 40.5 Å². The normalized spacial score (nSPS) is 16.3. The number of hydrogen-bond acceptors (Lipinski definition) is 3. The molecule has 2 rings (SSSR count). The quantitative estimate of drug-likeness (QED) is 0.832. The summed E-state index contributed by atoms with van der Waals surface area (Å²) in [5, 5.41) is 9.24. The Balaban J connectivity index is 2.29. The first-order chi connectivity index (χ1) is 9.26. The molecule has 1 aromatic rings. The van der Waals surface area contributed by atoms with Crippen LogP contribution >= 0.6 is 0 Å². The predicted molar refractivity (Wildman–Crippen MR) is 73.1 cm³/mol. The van der Waals surface area contributed by atoms with Gasteiger partial charge in [-0.15, -0.1) is 0 Å². The number of aliphatic hydroxyl groups excluding tert-OH is 1. The molecule has 1 aliphatic rings. The van der Waals surface area contributed by atoms with Crippen LogP contribution in [0.2, 0.25) is 0 Å². The first-order valence-electron chi connectivity index (χ1n) is 6.88. The molecule has 0 unspecified atom stereocenters. The number of rotatable bonds is 5. The first-order valence-corrected chi connectivity index (χ1v) is 6.88. The van der Waals surface area contributed by atoms with Gasteiger partial charge in [-0.2, -0.15) is 0 Å². The van der Waals surface area contributed by atoms with Crippen molar-refractivity contribution in [2.45, 2.75) is 38.1 Å². The average molecular weight is 265 g/mol. The Hall–Kier alpha value is -1.42. The van der Waals surface area contributed by atoms with Crippen molar-refractivity contribution in [3.63, 3.8) is 0 Å². The predicted octanol–water partition coefficient (Wildman–Crippen LogP) is 2.77. The number of nitrogens with zero attached hydrogens (tertiary/aromatic N) is 1. The van der Waals surface area contributed by atoms with E-state index in [1.165, 1.54) is 31.4 Å². The third kappa shape index (κ3) is 3.32. The van der Waals surface area contributed by atoms with Crippen molar-refractivity contribution in [3.8, 4) is 0 Å². The van der Waals surface area contributed by atoms with Gasteiger partial charge in [-0.25, -0.2) is 4.39 Å². The minimum atomic E-state index is -0.404. The van der Waals surface area contributed by atoms with E-state index in [1.54, 1.807) is 6.07 Å². The number of halogens is 1. The Kier molecular flexibility index (Phi) is 4.91. The molecule has 0 radical (unpaired) electrons. The summed E-state index contributed by atoms with van der Waals surface area (Å²) in [4.78, 5) is 13.2. The van der Waals surface area contributed by atoms with Crippen molar-refractivity contribution in [3.05, 3.63) is 29.6 Å². The van der Waals surface area contributed by atoms with E-state index < -0.39 is 5.82 Å². The molecule has 0 amide bonds. The second-order valence-electron chi connectivity index (χ2n) is 5.03. The van der Waals surface area contributed by atoms with E-state index in [-0.39, 0.29) is 6.61 Å². The molecule has 0 bridgehead atoms. The highest BCUT2D eigenvalue weighted by atomic mass is 19.1. The van der Waals surface area contributed by atoms with Crippen LogP contribution in [-0.4, -0.2) is 30.6 Å². The zero-order valence-electron chi connectivity index (χ0n) is 11.0. The zero-order valence-corrected chi connectivity index (χ0v) is 11.0. The smallest absolute Gasteiger partial charge is 0.152 e. The minimum Gasteiger partial charge on any atom is -0.395 e. The standard InChI is InChI=1S/C15H20FNO2/c16-13-6-7-15(12(10-13)11-19)17(8-9-18)14-4-2-1-3-5-14/h6-7,10-11,14,18H,1-5,8-9H2. The monoisotopic (exact) mass is 265 g/mol. The molecule has 4 heteroatoms. The van der Waals surface area contributed by atoms with E-state index >= 15 is 0 Å². The lowest BCUT2D eigenvalue weighted by Crippen LogP contribution is -2.39. The fourth-order valence-electron chi connectivity index (χ4n) is 2.88. The first kappa shape index (κ1) is 14.0. The third-order valence-electron chi connectivity index (χ3n) is 3.78. The molecule has 1 aromatic carbocycles. The van der Waals surface area contributed by atoms with E-state index in [0.29, 0.717) is 24.4 Å². The average Bonchev–Trinajstić information content (AvgIpc) is 2.46. The molecule has 3 nitrogen and oxygen atoms in total. The summed E-state index contributed by atoms with van der Waals surface area (Å²) in [6.07, 6.45) is 6.40. The zero-order chi connectivity index (χ0) is 13.7.